The molecule has 1 aromatic carbocycles. The number of nitrogens with two attached hydrogens (primary N) is 1. The summed E-state index contributed by atoms with van der Waals surface area (Å²) < 4.78 is 0. The molecule has 0 heterocycles. The van der Waals surface area contributed by atoms with E-state index < -0.39 is 5.54 Å². The van der Waals surface area contributed by atoms with Gasteiger partial charge in [-0.05, 0) is 36.6 Å². The second-order valence-corrected chi connectivity index (χ2v) is 5.34. The minimum absolute atomic E-state index is 0.354. The Labute approximate surface area is 114 Å². The van der Waals surface area contributed by atoms with Crippen LogP contribution in [0, 0.1) is 5.92 Å². The molecule has 0 aromatic heterocycles. The number of carbonyl (C=O) groups is 1. The van der Waals surface area contributed by atoms with Crippen molar-refractivity contribution < 1.29 is 4.79 Å². The molecule has 0 radical (unpaired) electrons. The summed E-state index contributed by atoms with van der Waals surface area (Å²) in [5.74, 6) is 0.0931. The average molecular weight is 269 g/mol. The Balaban J connectivity index is 3.10. The maximum absolute atomic E-state index is 11.9. The lowest BCUT2D eigenvalue weighted by molar-refractivity contribution is -0.125. The standard InChI is InChI=1S/C14H21ClN2O/c1-4-14(13(16)18,17-9-10(2)3)11-5-7-12(15)8-6-11/h5-8,10,17H,4,9H2,1-3H3,(H2,16,18). The van der Waals surface area contributed by atoms with Crippen molar-refractivity contribution >= 4 is 17.5 Å². The zero-order valence-corrected chi connectivity index (χ0v) is 11.9. The molecule has 18 heavy (non-hydrogen) atoms. The van der Waals surface area contributed by atoms with Crippen LogP contribution in [0.4, 0.5) is 0 Å². The second kappa shape index (κ2) is 6.21. The van der Waals surface area contributed by atoms with Gasteiger partial charge in [0.25, 0.3) is 0 Å². The molecule has 0 bridgehead atoms. The van der Waals surface area contributed by atoms with Crippen molar-refractivity contribution in [3.8, 4) is 0 Å². The van der Waals surface area contributed by atoms with Crippen molar-refractivity contribution in [1.82, 2.24) is 5.32 Å². The van der Waals surface area contributed by atoms with E-state index in [2.05, 4.69) is 19.2 Å². The van der Waals surface area contributed by atoms with Crippen LogP contribution in [0.3, 0.4) is 0 Å². The van der Waals surface area contributed by atoms with Gasteiger partial charge in [-0.25, -0.2) is 0 Å². The molecule has 100 valence electrons. The first kappa shape index (κ1) is 15.0. The van der Waals surface area contributed by atoms with Crippen LogP contribution < -0.4 is 11.1 Å². The molecule has 0 aliphatic heterocycles. The minimum atomic E-state index is -0.811. The third-order valence-electron chi connectivity index (χ3n) is 3.10. The normalized spacial score (nSPS) is 14.5. The molecule has 3 nitrogen and oxygen atoms in total. The van der Waals surface area contributed by atoms with E-state index in [1.165, 1.54) is 0 Å². The van der Waals surface area contributed by atoms with E-state index >= 15 is 0 Å². The molecule has 3 N–H and O–H groups in total. The second-order valence-electron chi connectivity index (χ2n) is 4.90. The van der Waals surface area contributed by atoms with Crippen LogP contribution in [0.5, 0.6) is 0 Å². The van der Waals surface area contributed by atoms with Crippen molar-refractivity contribution in [2.75, 3.05) is 6.54 Å². The largest absolute Gasteiger partial charge is 0.368 e. The Kier molecular flexibility index (Phi) is 5.17. The molecule has 1 aromatic rings. The summed E-state index contributed by atoms with van der Waals surface area (Å²) in [5.41, 5.74) is 5.66. The van der Waals surface area contributed by atoms with E-state index in [0.29, 0.717) is 17.4 Å². The molecule has 0 aliphatic carbocycles. The molecule has 0 fully saturated rings. The van der Waals surface area contributed by atoms with Gasteiger partial charge in [-0.15, -0.1) is 0 Å². The van der Waals surface area contributed by atoms with Crippen LogP contribution in [0.2, 0.25) is 5.02 Å². The van der Waals surface area contributed by atoms with Crippen LogP contribution in [0.25, 0.3) is 0 Å². The third kappa shape index (κ3) is 3.24. The van der Waals surface area contributed by atoms with Gasteiger partial charge in [0.2, 0.25) is 5.91 Å². The SMILES string of the molecule is CCC(NCC(C)C)(C(N)=O)c1ccc(Cl)cc1. The highest BCUT2D eigenvalue weighted by atomic mass is 35.5. The molecule has 1 amide bonds. The molecule has 0 aliphatic rings. The fraction of sp³-hybridized carbons (Fsp3) is 0.500. The zero-order chi connectivity index (χ0) is 13.8. The number of halogens is 1. The van der Waals surface area contributed by atoms with Gasteiger partial charge in [0, 0.05) is 5.02 Å². The van der Waals surface area contributed by atoms with Gasteiger partial charge < -0.3 is 5.73 Å². The highest BCUT2D eigenvalue weighted by Gasteiger charge is 2.36. The smallest absolute Gasteiger partial charge is 0.242 e. The molecule has 1 unspecified atom stereocenters. The zero-order valence-electron chi connectivity index (χ0n) is 11.2. The van der Waals surface area contributed by atoms with Crippen molar-refractivity contribution in [2.24, 2.45) is 11.7 Å². The van der Waals surface area contributed by atoms with Crippen molar-refractivity contribution in [3.05, 3.63) is 34.9 Å². The highest BCUT2D eigenvalue weighted by Crippen LogP contribution is 2.26. The Hall–Kier alpha value is -1.06. The predicted molar refractivity (Wildman–Crippen MR) is 75.5 cm³/mol. The predicted octanol–water partition coefficient (Wildman–Crippen LogP) is 2.68. The number of amides is 1. The van der Waals surface area contributed by atoms with Crippen LogP contribution in [-0.2, 0) is 10.3 Å². The summed E-state index contributed by atoms with van der Waals surface area (Å²) in [7, 11) is 0. The van der Waals surface area contributed by atoms with Gasteiger partial charge in [-0.1, -0.05) is 44.5 Å². The maximum Gasteiger partial charge on any atom is 0.242 e. The number of rotatable bonds is 6. The minimum Gasteiger partial charge on any atom is -0.368 e. The number of primary amides is 1. The van der Waals surface area contributed by atoms with E-state index in [9.17, 15) is 4.79 Å². The number of hydrogen-bond acceptors (Lipinski definition) is 2. The molecular weight excluding hydrogens is 248 g/mol. The summed E-state index contributed by atoms with van der Waals surface area (Å²) in [6.07, 6.45) is 0.608. The summed E-state index contributed by atoms with van der Waals surface area (Å²) in [6.45, 7) is 6.87. The maximum atomic E-state index is 11.9. The summed E-state index contributed by atoms with van der Waals surface area (Å²) in [4.78, 5) is 11.9. The van der Waals surface area contributed by atoms with Gasteiger partial charge in [0.05, 0.1) is 0 Å². The first-order valence-electron chi connectivity index (χ1n) is 6.23. The lowest BCUT2D eigenvalue weighted by atomic mass is 9.86. The fourth-order valence-electron chi connectivity index (χ4n) is 1.95. The van der Waals surface area contributed by atoms with Crippen LogP contribution in [0.1, 0.15) is 32.8 Å². The van der Waals surface area contributed by atoms with Crippen molar-refractivity contribution in [2.45, 2.75) is 32.7 Å². The number of nitrogens with one attached hydrogen (secondary N) is 1. The van der Waals surface area contributed by atoms with Crippen LogP contribution >= 0.6 is 11.6 Å². The van der Waals surface area contributed by atoms with E-state index in [1.54, 1.807) is 12.1 Å². The average Bonchev–Trinajstić information content (AvgIpc) is 2.31. The first-order chi connectivity index (χ1) is 8.42. The number of carbonyl (C=O) groups excluding carboxylic acids is 1. The third-order valence-corrected chi connectivity index (χ3v) is 3.35. The molecule has 0 spiro atoms. The lowest BCUT2D eigenvalue weighted by Crippen LogP contribution is -2.53. The number of hydrogen-bond donors (Lipinski definition) is 2. The first-order valence-corrected chi connectivity index (χ1v) is 6.61. The number of benzene rings is 1. The van der Waals surface area contributed by atoms with Crippen LogP contribution in [-0.4, -0.2) is 12.5 Å². The molecular formula is C14H21ClN2O. The van der Waals surface area contributed by atoms with Gasteiger partial charge in [0.1, 0.15) is 5.54 Å². The van der Waals surface area contributed by atoms with E-state index in [-0.39, 0.29) is 5.91 Å². The van der Waals surface area contributed by atoms with Gasteiger partial charge >= 0.3 is 0 Å². The van der Waals surface area contributed by atoms with Crippen LogP contribution in [0.15, 0.2) is 24.3 Å². The lowest BCUT2D eigenvalue weighted by Gasteiger charge is -2.32. The fourth-order valence-corrected chi connectivity index (χ4v) is 2.07. The topological polar surface area (TPSA) is 55.1 Å². The van der Waals surface area contributed by atoms with Gasteiger partial charge in [0.15, 0.2) is 0 Å². The van der Waals surface area contributed by atoms with Crippen molar-refractivity contribution in [3.63, 3.8) is 0 Å². The Morgan fingerprint density at radius 1 is 1.39 bits per heavy atom. The van der Waals surface area contributed by atoms with E-state index in [0.717, 1.165) is 12.1 Å². The quantitative estimate of drug-likeness (QED) is 0.833. The summed E-state index contributed by atoms with van der Waals surface area (Å²) in [5, 5.41) is 3.95. The van der Waals surface area contributed by atoms with Crippen molar-refractivity contribution in [1.29, 1.82) is 0 Å². The summed E-state index contributed by atoms with van der Waals surface area (Å²) in [6, 6.07) is 7.26. The summed E-state index contributed by atoms with van der Waals surface area (Å²) >= 11 is 5.88. The van der Waals surface area contributed by atoms with E-state index in [4.69, 9.17) is 17.3 Å². The Bertz CT molecular complexity index is 403. The monoisotopic (exact) mass is 268 g/mol. The molecule has 4 heteroatoms. The molecule has 0 saturated heterocycles. The van der Waals surface area contributed by atoms with Gasteiger partial charge in [-0.3, -0.25) is 10.1 Å². The molecule has 1 atom stereocenters. The van der Waals surface area contributed by atoms with Gasteiger partial charge in [-0.2, -0.15) is 0 Å². The highest BCUT2D eigenvalue weighted by molar-refractivity contribution is 6.30. The van der Waals surface area contributed by atoms with E-state index in [1.807, 2.05) is 19.1 Å². The molecule has 1 rings (SSSR count). The molecule has 0 saturated carbocycles. The Morgan fingerprint density at radius 3 is 2.33 bits per heavy atom. The Morgan fingerprint density at radius 2 is 1.94 bits per heavy atom.